The van der Waals surface area contributed by atoms with Crippen LogP contribution >= 0.6 is 11.3 Å². The summed E-state index contributed by atoms with van der Waals surface area (Å²) in [4.78, 5) is 29.1. The number of rotatable bonds is 6. The minimum absolute atomic E-state index is 0.151. The van der Waals surface area contributed by atoms with Crippen LogP contribution in [-0.2, 0) is 21.4 Å². The molecule has 12 heteroatoms. The van der Waals surface area contributed by atoms with Crippen molar-refractivity contribution in [1.82, 2.24) is 24.2 Å². The Morgan fingerprint density at radius 2 is 1.94 bits per heavy atom. The molecule has 0 N–H and O–H groups in total. The normalized spacial score (nSPS) is 15.3. The summed E-state index contributed by atoms with van der Waals surface area (Å²) in [6.45, 7) is 3.10. The molecule has 10 nitrogen and oxygen atoms in total. The van der Waals surface area contributed by atoms with Crippen molar-refractivity contribution in [3.05, 3.63) is 40.8 Å². The summed E-state index contributed by atoms with van der Waals surface area (Å²) in [5.41, 5.74) is 0.751. The first-order valence-electron chi connectivity index (χ1n) is 9.89. The molecule has 0 aromatic carbocycles. The number of thiophene rings is 1. The molecule has 0 bridgehead atoms. The topological polar surface area (TPSA) is 115 Å². The zero-order valence-corrected chi connectivity index (χ0v) is 19.6. The van der Waals surface area contributed by atoms with Crippen LogP contribution in [0.2, 0.25) is 0 Å². The number of pyridine rings is 1. The lowest BCUT2D eigenvalue weighted by Gasteiger charge is -2.33. The first-order valence-corrected chi connectivity index (χ1v) is 12.1. The lowest BCUT2D eigenvalue weighted by Crippen LogP contribution is -2.50. The number of carbonyl (C=O) groups excluding carboxylic acids is 1. The summed E-state index contributed by atoms with van der Waals surface area (Å²) in [6.07, 6.45) is 2.86. The van der Waals surface area contributed by atoms with E-state index in [4.69, 9.17) is 9.47 Å². The van der Waals surface area contributed by atoms with E-state index in [1.807, 2.05) is 6.92 Å². The van der Waals surface area contributed by atoms with Crippen LogP contribution in [0.5, 0.6) is 5.88 Å². The molecule has 0 radical (unpaired) electrons. The molecule has 0 unspecified atom stereocenters. The fourth-order valence-corrected chi connectivity index (χ4v) is 6.16. The van der Waals surface area contributed by atoms with Crippen molar-refractivity contribution in [3.63, 3.8) is 0 Å². The molecule has 1 aliphatic heterocycles. The van der Waals surface area contributed by atoms with E-state index in [1.165, 1.54) is 41.2 Å². The van der Waals surface area contributed by atoms with Crippen molar-refractivity contribution in [2.45, 2.75) is 18.4 Å². The number of hydrogen-bond acceptors (Lipinski definition) is 9. The van der Waals surface area contributed by atoms with Crippen LogP contribution in [0.3, 0.4) is 0 Å². The highest BCUT2D eigenvalue weighted by atomic mass is 32.2. The maximum atomic E-state index is 13.3. The molecule has 1 fully saturated rings. The van der Waals surface area contributed by atoms with Crippen LogP contribution in [0.25, 0.3) is 10.2 Å². The molecule has 1 aliphatic rings. The maximum absolute atomic E-state index is 13.3. The minimum atomic E-state index is -3.63. The number of fused-ring (bicyclic) bond motifs is 1. The number of sulfonamides is 1. The van der Waals surface area contributed by atoms with Crippen molar-refractivity contribution in [2.24, 2.45) is 0 Å². The lowest BCUT2D eigenvalue weighted by molar-refractivity contribution is 0.0702. The van der Waals surface area contributed by atoms with Crippen LogP contribution in [0.15, 0.2) is 29.4 Å². The number of amides is 1. The number of carbonyl (C=O) groups is 1. The molecule has 4 rings (SSSR count). The Balaban J connectivity index is 1.55. The molecule has 32 heavy (non-hydrogen) atoms. The maximum Gasteiger partial charge on any atom is 0.264 e. The Labute approximate surface area is 189 Å². The van der Waals surface area contributed by atoms with Crippen LogP contribution in [0.4, 0.5) is 0 Å². The molecule has 0 atom stereocenters. The second kappa shape index (κ2) is 9.06. The number of methoxy groups -OCH3 is 2. The predicted octanol–water partition coefficient (Wildman–Crippen LogP) is 1.70. The largest absolute Gasteiger partial charge is 0.480 e. The van der Waals surface area contributed by atoms with E-state index in [-0.39, 0.29) is 30.5 Å². The monoisotopic (exact) mass is 477 g/mol. The fraction of sp³-hybridized carbons (Fsp3) is 0.400. The Bertz CT molecular complexity index is 1240. The second-order valence-electron chi connectivity index (χ2n) is 7.20. The smallest absolute Gasteiger partial charge is 0.264 e. The Morgan fingerprint density at radius 3 is 2.56 bits per heavy atom. The zero-order chi connectivity index (χ0) is 22.9. The highest BCUT2D eigenvalue weighted by Crippen LogP contribution is 2.36. The van der Waals surface area contributed by atoms with Gasteiger partial charge in [-0.05, 0) is 24.6 Å². The molecule has 0 spiro atoms. The van der Waals surface area contributed by atoms with Crippen molar-refractivity contribution < 1.29 is 22.7 Å². The van der Waals surface area contributed by atoms with Gasteiger partial charge in [0.05, 0.1) is 17.4 Å². The third-order valence-electron chi connectivity index (χ3n) is 5.26. The SMILES string of the molecule is COCc1nc(OC)c2c(C)c(C(=O)N3CCN(S(=O)(=O)c4cccnc4)CC3)sc2n1. The molecule has 1 saturated heterocycles. The van der Waals surface area contributed by atoms with Crippen molar-refractivity contribution in [2.75, 3.05) is 40.4 Å². The Morgan fingerprint density at radius 1 is 1.19 bits per heavy atom. The van der Waals surface area contributed by atoms with Gasteiger partial charge in [-0.3, -0.25) is 9.78 Å². The van der Waals surface area contributed by atoms with Gasteiger partial charge in [-0.1, -0.05) is 0 Å². The molecule has 0 aliphatic carbocycles. The Hall–Kier alpha value is -2.67. The van der Waals surface area contributed by atoms with Crippen LogP contribution in [-0.4, -0.2) is 78.9 Å². The molecule has 3 aromatic heterocycles. The van der Waals surface area contributed by atoms with Gasteiger partial charge >= 0.3 is 0 Å². The van der Waals surface area contributed by atoms with Gasteiger partial charge in [0.15, 0.2) is 5.82 Å². The summed E-state index contributed by atoms with van der Waals surface area (Å²) >= 11 is 1.28. The molecule has 0 saturated carbocycles. The van der Waals surface area contributed by atoms with E-state index in [9.17, 15) is 13.2 Å². The van der Waals surface area contributed by atoms with Crippen LogP contribution in [0, 0.1) is 6.92 Å². The lowest BCUT2D eigenvalue weighted by atomic mass is 10.2. The molecule has 3 aromatic rings. The number of ether oxygens (including phenoxy) is 2. The fourth-order valence-electron chi connectivity index (χ4n) is 3.61. The first kappa shape index (κ1) is 22.5. The third-order valence-corrected chi connectivity index (χ3v) is 8.32. The molecule has 170 valence electrons. The summed E-state index contributed by atoms with van der Waals surface area (Å²) in [5, 5.41) is 0.707. The number of hydrogen-bond donors (Lipinski definition) is 0. The average Bonchev–Trinajstić information content (AvgIpc) is 3.15. The third kappa shape index (κ3) is 4.06. The van der Waals surface area contributed by atoms with Crippen LogP contribution in [0.1, 0.15) is 21.1 Å². The van der Waals surface area contributed by atoms with Gasteiger partial charge < -0.3 is 14.4 Å². The van der Waals surface area contributed by atoms with Crippen molar-refractivity contribution in [1.29, 1.82) is 0 Å². The summed E-state index contributed by atoms with van der Waals surface area (Å²) in [5.74, 6) is 0.729. The van der Waals surface area contributed by atoms with Gasteiger partial charge in [-0.25, -0.2) is 13.4 Å². The first-order chi connectivity index (χ1) is 15.4. The highest BCUT2D eigenvalue weighted by molar-refractivity contribution is 7.89. The van der Waals surface area contributed by atoms with Crippen molar-refractivity contribution in [3.8, 4) is 5.88 Å². The van der Waals surface area contributed by atoms with Crippen LogP contribution < -0.4 is 4.74 Å². The molecular weight excluding hydrogens is 454 g/mol. The van der Waals surface area contributed by atoms with E-state index in [0.29, 0.717) is 39.9 Å². The zero-order valence-electron chi connectivity index (χ0n) is 17.9. The summed E-state index contributed by atoms with van der Waals surface area (Å²) in [7, 11) is -0.550. The number of aromatic nitrogens is 3. The number of nitrogens with zero attached hydrogens (tertiary/aromatic N) is 5. The number of aryl methyl sites for hydroxylation is 1. The molecule has 1 amide bonds. The van der Waals surface area contributed by atoms with Gasteiger partial charge in [0.1, 0.15) is 16.3 Å². The Kier molecular flexibility index (Phi) is 6.38. The van der Waals surface area contributed by atoms with E-state index in [1.54, 1.807) is 18.1 Å². The molecule has 4 heterocycles. The predicted molar refractivity (Wildman–Crippen MR) is 118 cm³/mol. The summed E-state index contributed by atoms with van der Waals surface area (Å²) < 4.78 is 37.5. The summed E-state index contributed by atoms with van der Waals surface area (Å²) in [6, 6.07) is 3.11. The minimum Gasteiger partial charge on any atom is -0.480 e. The number of piperazine rings is 1. The van der Waals surface area contributed by atoms with Gasteiger partial charge in [0.25, 0.3) is 5.91 Å². The quantitative estimate of drug-likeness (QED) is 0.527. The van der Waals surface area contributed by atoms with E-state index in [2.05, 4.69) is 15.0 Å². The molecular formula is C20H23N5O5S2. The van der Waals surface area contributed by atoms with E-state index >= 15 is 0 Å². The van der Waals surface area contributed by atoms with Gasteiger partial charge in [0, 0.05) is 45.7 Å². The second-order valence-corrected chi connectivity index (χ2v) is 10.1. The van der Waals surface area contributed by atoms with E-state index < -0.39 is 10.0 Å². The highest BCUT2D eigenvalue weighted by Gasteiger charge is 2.32. The van der Waals surface area contributed by atoms with Gasteiger partial charge in [0.2, 0.25) is 15.9 Å². The van der Waals surface area contributed by atoms with E-state index in [0.717, 1.165) is 5.56 Å². The van der Waals surface area contributed by atoms with Crippen molar-refractivity contribution >= 4 is 37.5 Å². The van der Waals surface area contributed by atoms with Gasteiger partial charge in [-0.2, -0.15) is 9.29 Å². The van der Waals surface area contributed by atoms with Gasteiger partial charge in [-0.15, -0.1) is 11.3 Å². The standard InChI is InChI=1S/C20H23N5O5S2/c1-13-16-18(30-3)22-15(12-29-2)23-19(16)31-17(13)20(26)24-7-9-25(10-8-24)32(27,28)14-5-4-6-21-11-14/h4-6,11H,7-10,12H2,1-3H3. The average molecular weight is 478 g/mol.